The molecule has 0 aromatic heterocycles. The quantitative estimate of drug-likeness (QED) is 0.519. The Balaban J connectivity index is 2.18. The number of nitrogens with zero attached hydrogens (tertiary/aromatic N) is 1. The number of hydrogen-bond acceptors (Lipinski definition) is 1. The van der Waals surface area contributed by atoms with Crippen LogP contribution in [0, 0.1) is 5.41 Å². The summed E-state index contributed by atoms with van der Waals surface area (Å²) in [5, 5.41) is 0. The molecule has 0 aliphatic carbocycles. The smallest absolute Gasteiger partial charge is 0.00135 e. The first-order valence-corrected chi connectivity index (χ1v) is 7.92. The van der Waals surface area contributed by atoms with Gasteiger partial charge in [-0.15, -0.1) is 0 Å². The fourth-order valence-electron chi connectivity index (χ4n) is 2.89. The highest BCUT2D eigenvalue weighted by molar-refractivity contribution is 4.76. The third-order valence-corrected chi connectivity index (χ3v) is 4.72. The molecule has 1 nitrogen and oxygen atoms in total. The Bertz CT molecular complexity index is 184. The summed E-state index contributed by atoms with van der Waals surface area (Å²) in [5.41, 5.74) is 0.607. The second-order valence-corrected chi connectivity index (χ2v) is 6.27. The largest absolute Gasteiger partial charge is 0.303 e. The molecule has 1 unspecified atom stereocenters. The number of unbranched alkanes of at least 4 members (excludes halogenated alkanes) is 3. The highest BCUT2D eigenvalue weighted by atomic mass is 15.1. The molecule has 0 aromatic rings. The minimum Gasteiger partial charge on any atom is -0.303 e. The van der Waals surface area contributed by atoms with Crippen molar-refractivity contribution in [1.82, 2.24) is 4.90 Å². The van der Waals surface area contributed by atoms with Gasteiger partial charge in [0.1, 0.15) is 0 Å². The van der Waals surface area contributed by atoms with Crippen molar-refractivity contribution in [2.24, 2.45) is 5.41 Å². The Kier molecular flexibility index (Phi) is 7.18. The van der Waals surface area contributed by atoms with Crippen LogP contribution in [0.5, 0.6) is 0 Å². The van der Waals surface area contributed by atoms with Gasteiger partial charge in [-0.05, 0) is 50.7 Å². The van der Waals surface area contributed by atoms with E-state index in [9.17, 15) is 0 Å². The summed E-state index contributed by atoms with van der Waals surface area (Å²) in [5.74, 6) is 0. The van der Waals surface area contributed by atoms with E-state index >= 15 is 0 Å². The van der Waals surface area contributed by atoms with Crippen LogP contribution in [0.15, 0.2) is 0 Å². The Labute approximate surface area is 109 Å². The summed E-state index contributed by atoms with van der Waals surface area (Å²) in [7, 11) is 0. The lowest BCUT2D eigenvalue weighted by atomic mass is 9.79. The Morgan fingerprint density at radius 2 is 1.65 bits per heavy atom. The van der Waals surface area contributed by atoms with E-state index in [1.165, 1.54) is 77.4 Å². The third kappa shape index (κ3) is 5.90. The molecule has 0 spiro atoms. The van der Waals surface area contributed by atoms with E-state index in [1.54, 1.807) is 0 Å². The molecule has 1 aliphatic heterocycles. The minimum atomic E-state index is 0.607. The van der Waals surface area contributed by atoms with Gasteiger partial charge in [0, 0.05) is 0 Å². The average molecular weight is 239 g/mol. The zero-order chi connectivity index (χ0) is 12.6. The maximum atomic E-state index is 2.67. The van der Waals surface area contributed by atoms with Crippen LogP contribution in [-0.4, -0.2) is 24.5 Å². The molecule has 0 amide bonds. The highest BCUT2D eigenvalue weighted by Gasteiger charge is 2.23. The van der Waals surface area contributed by atoms with Crippen molar-refractivity contribution in [1.29, 1.82) is 0 Å². The van der Waals surface area contributed by atoms with Crippen LogP contribution in [0.3, 0.4) is 0 Å². The molecule has 0 N–H and O–H groups in total. The lowest BCUT2D eigenvalue weighted by Gasteiger charge is -2.30. The molecule has 0 bridgehead atoms. The van der Waals surface area contributed by atoms with Crippen molar-refractivity contribution in [3.8, 4) is 0 Å². The zero-order valence-corrected chi connectivity index (χ0v) is 12.4. The molecule has 1 rings (SSSR count). The first-order valence-electron chi connectivity index (χ1n) is 7.92. The van der Waals surface area contributed by atoms with Crippen LogP contribution in [0.4, 0.5) is 0 Å². The summed E-state index contributed by atoms with van der Waals surface area (Å²) in [6, 6.07) is 0. The van der Waals surface area contributed by atoms with Crippen molar-refractivity contribution < 1.29 is 0 Å². The molecule has 1 aliphatic rings. The van der Waals surface area contributed by atoms with Gasteiger partial charge in [0.2, 0.25) is 0 Å². The van der Waals surface area contributed by atoms with Crippen molar-refractivity contribution >= 4 is 0 Å². The predicted octanol–water partition coefficient (Wildman–Crippen LogP) is 4.86. The SMILES string of the molecule is CCCCCCC(C)(CC)CCN1CCCC1. The van der Waals surface area contributed by atoms with E-state index in [-0.39, 0.29) is 0 Å². The van der Waals surface area contributed by atoms with E-state index in [1.807, 2.05) is 0 Å². The number of likely N-dealkylation sites (tertiary alicyclic amines) is 1. The average Bonchev–Trinajstić information content (AvgIpc) is 2.85. The first-order chi connectivity index (χ1) is 8.20. The fourth-order valence-corrected chi connectivity index (χ4v) is 2.89. The highest BCUT2D eigenvalue weighted by Crippen LogP contribution is 2.33. The predicted molar refractivity (Wildman–Crippen MR) is 77.4 cm³/mol. The molecule has 0 aromatic carbocycles. The lowest BCUT2D eigenvalue weighted by Crippen LogP contribution is -2.27. The molecule has 1 saturated heterocycles. The van der Waals surface area contributed by atoms with E-state index < -0.39 is 0 Å². The Morgan fingerprint density at radius 3 is 2.24 bits per heavy atom. The first kappa shape index (κ1) is 15.0. The topological polar surface area (TPSA) is 3.24 Å². The molecular formula is C16H33N. The van der Waals surface area contributed by atoms with Gasteiger partial charge in [-0.25, -0.2) is 0 Å². The molecule has 1 heterocycles. The van der Waals surface area contributed by atoms with Gasteiger partial charge in [-0.2, -0.15) is 0 Å². The van der Waals surface area contributed by atoms with Gasteiger partial charge in [-0.1, -0.05) is 52.9 Å². The molecule has 0 saturated carbocycles. The normalized spacial score (nSPS) is 20.6. The van der Waals surface area contributed by atoms with Crippen LogP contribution in [0.1, 0.15) is 78.6 Å². The van der Waals surface area contributed by atoms with Gasteiger partial charge in [0.25, 0.3) is 0 Å². The summed E-state index contributed by atoms with van der Waals surface area (Å²) >= 11 is 0. The Morgan fingerprint density at radius 1 is 0.941 bits per heavy atom. The van der Waals surface area contributed by atoms with Crippen LogP contribution in [0.2, 0.25) is 0 Å². The van der Waals surface area contributed by atoms with Gasteiger partial charge in [-0.3, -0.25) is 0 Å². The zero-order valence-electron chi connectivity index (χ0n) is 12.4. The van der Waals surface area contributed by atoms with Crippen LogP contribution < -0.4 is 0 Å². The monoisotopic (exact) mass is 239 g/mol. The van der Waals surface area contributed by atoms with Crippen molar-refractivity contribution in [3.63, 3.8) is 0 Å². The minimum absolute atomic E-state index is 0.607. The van der Waals surface area contributed by atoms with E-state index in [2.05, 4.69) is 25.7 Å². The summed E-state index contributed by atoms with van der Waals surface area (Å²) < 4.78 is 0. The molecule has 1 heteroatoms. The third-order valence-electron chi connectivity index (χ3n) is 4.72. The summed E-state index contributed by atoms with van der Waals surface area (Å²) in [4.78, 5) is 2.67. The molecular weight excluding hydrogens is 206 g/mol. The molecule has 1 atom stereocenters. The van der Waals surface area contributed by atoms with Gasteiger partial charge < -0.3 is 4.90 Å². The second kappa shape index (κ2) is 8.13. The van der Waals surface area contributed by atoms with E-state index in [0.717, 1.165) is 0 Å². The second-order valence-electron chi connectivity index (χ2n) is 6.27. The van der Waals surface area contributed by atoms with E-state index in [0.29, 0.717) is 5.41 Å². The van der Waals surface area contributed by atoms with Gasteiger partial charge in [0.05, 0.1) is 0 Å². The maximum absolute atomic E-state index is 2.67. The molecule has 1 fully saturated rings. The van der Waals surface area contributed by atoms with Crippen molar-refractivity contribution in [2.45, 2.75) is 78.6 Å². The van der Waals surface area contributed by atoms with E-state index in [4.69, 9.17) is 0 Å². The van der Waals surface area contributed by atoms with Gasteiger partial charge in [0.15, 0.2) is 0 Å². The fraction of sp³-hybridized carbons (Fsp3) is 1.00. The Hall–Kier alpha value is -0.0400. The van der Waals surface area contributed by atoms with Crippen LogP contribution in [0.25, 0.3) is 0 Å². The number of hydrogen-bond donors (Lipinski definition) is 0. The van der Waals surface area contributed by atoms with Gasteiger partial charge >= 0.3 is 0 Å². The van der Waals surface area contributed by atoms with Crippen LogP contribution in [-0.2, 0) is 0 Å². The number of rotatable bonds is 9. The van der Waals surface area contributed by atoms with Crippen molar-refractivity contribution in [3.05, 3.63) is 0 Å². The molecule has 102 valence electrons. The lowest BCUT2D eigenvalue weighted by molar-refractivity contribution is 0.204. The standard InChI is InChI=1S/C16H33N/c1-4-6-7-8-11-16(3,5-2)12-15-17-13-9-10-14-17/h4-15H2,1-3H3. The molecule has 17 heavy (non-hydrogen) atoms. The van der Waals surface area contributed by atoms with Crippen LogP contribution >= 0.6 is 0 Å². The van der Waals surface area contributed by atoms with Crippen molar-refractivity contribution in [2.75, 3.05) is 19.6 Å². The summed E-state index contributed by atoms with van der Waals surface area (Å²) in [6.45, 7) is 11.2. The molecule has 0 radical (unpaired) electrons. The summed E-state index contributed by atoms with van der Waals surface area (Å²) in [6.07, 6.45) is 12.7. The maximum Gasteiger partial charge on any atom is -0.00135 e.